The highest BCUT2D eigenvalue weighted by molar-refractivity contribution is 6.08. The van der Waals surface area contributed by atoms with Crippen molar-refractivity contribution in [1.29, 1.82) is 5.41 Å². The molecule has 5 heteroatoms. The van der Waals surface area contributed by atoms with Crippen LogP contribution in [0.1, 0.15) is 28.4 Å². The van der Waals surface area contributed by atoms with Crippen LogP contribution in [0, 0.1) is 11.2 Å². The van der Waals surface area contributed by atoms with Crippen LogP contribution in [-0.2, 0) is 6.54 Å². The summed E-state index contributed by atoms with van der Waals surface area (Å²) in [6, 6.07) is 11.5. The summed E-state index contributed by atoms with van der Waals surface area (Å²) in [4.78, 5) is 11.2. The van der Waals surface area contributed by atoms with Crippen molar-refractivity contribution in [2.75, 3.05) is 5.32 Å². The molecule has 0 amide bonds. The number of Topliss-reactive ketones (excluding diaryl/α,β-unsaturated/α-hetero) is 1. The molecule has 0 atom stereocenters. The quantitative estimate of drug-likeness (QED) is 0.563. The molecule has 0 aliphatic heterocycles. The van der Waals surface area contributed by atoms with Crippen molar-refractivity contribution in [3.05, 3.63) is 71.2 Å². The Hall–Kier alpha value is -2.79. The monoisotopic (exact) mass is 311 g/mol. The Morgan fingerprint density at radius 3 is 2.48 bits per heavy atom. The molecule has 4 N–H and O–H groups in total. The molecule has 23 heavy (non-hydrogen) atoms. The van der Waals surface area contributed by atoms with Gasteiger partial charge in [0.2, 0.25) is 0 Å². The predicted molar refractivity (Wildman–Crippen MR) is 91.1 cm³/mol. The van der Waals surface area contributed by atoms with Crippen LogP contribution in [0.3, 0.4) is 0 Å². The number of ketones is 1. The molecule has 0 fully saturated rings. The Balaban J connectivity index is 2.23. The summed E-state index contributed by atoms with van der Waals surface area (Å²) in [5.74, 6) is -0.386. The Labute approximate surface area is 134 Å². The highest BCUT2D eigenvalue weighted by Gasteiger charge is 2.04. The van der Waals surface area contributed by atoms with Crippen LogP contribution in [0.5, 0.6) is 0 Å². The number of benzene rings is 2. The van der Waals surface area contributed by atoms with E-state index in [0.717, 1.165) is 11.9 Å². The van der Waals surface area contributed by atoms with Gasteiger partial charge < -0.3 is 16.5 Å². The number of nitrogens with two attached hydrogens (primary N) is 1. The zero-order valence-electron chi connectivity index (χ0n) is 12.8. The van der Waals surface area contributed by atoms with Crippen molar-refractivity contribution in [1.82, 2.24) is 0 Å². The molecule has 0 spiro atoms. The van der Waals surface area contributed by atoms with Gasteiger partial charge in [0.05, 0.1) is 0 Å². The molecule has 0 aromatic heterocycles. The minimum atomic E-state index is -0.387. The predicted octanol–water partition coefficient (Wildman–Crippen LogP) is 3.59. The zero-order chi connectivity index (χ0) is 16.8. The van der Waals surface area contributed by atoms with E-state index in [4.69, 9.17) is 11.1 Å². The average Bonchev–Trinajstić information content (AvgIpc) is 2.55. The molecule has 118 valence electrons. The van der Waals surface area contributed by atoms with Gasteiger partial charge in [-0.1, -0.05) is 0 Å². The fourth-order valence-corrected chi connectivity index (χ4v) is 2.11. The Bertz CT molecular complexity index is 751. The van der Waals surface area contributed by atoms with E-state index in [9.17, 15) is 9.18 Å². The number of carbonyl (C=O) groups is 1. The molecule has 0 aliphatic rings. The summed E-state index contributed by atoms with van der Waals surface area (Å²) < 4.78 is 13.6. The maximum absolute atomic E-state index is 13.6. The van der Waals surface area contributed by atoms with Crippen molar-refractivity contribution in [3.8, 4) is 0 Å². The molecule has 2 aromatic carbocycles. The van der Waals surface area contributed by atoms with Crippen molar-refractivity contribution >= 4 is 23.3 Å². The second kappa shape index (κ2) is 7.47. The van der Waals surface area contributed by atoms with Crippen molar-refractivity contribution in [3.63, 3.8) is 0 Å². The van der Waals surface area contributed by atoms with Crippen LogP contribution in [0.2, 0.25) is 0 Å². The second-order valence-electron chi connectivity index (χ2n) is 5.07. The molecule has 0 saturated heterocycles. The first-order valence-corrected chi connectivity index (χ1v) is 7.11. The Morgan fingerprint density at radius 2 is 1.91 bits per heavy atom. The average molecular weight is 311 g/mol. The molecule has 2 rings (SSSR count). The molecule has 0 unspecified atom stereocenters. The minimum absolute atomic E-state index is 0.00125. The Kier molecular flexibility index (Phi) is 5.38. The molecular weight excluding hydrogens is 293 g/mol. The van der Waals surface area contributed by atoms with Crippen LogP contribution >= 0.6 is 0 Å². The highest BCUT2D eigenvalue weighted by Crippen LogP contribution is 2.18. The van der Waals surface area contributed by atoms with Gasteiger partial charge in [-0.25, -0.2) is 4.39 Å². The summed E-state index contributed by atoms with van der Waals surface area (Å²) >= 11 is 0. The van der Waals surface area contributed by atoms with E-state index in [1.165, 1.54) is 19.1 Å². The summed E-state index contributed by atoms with van der Waals surface area (Å²) in [6.07, 6.45) is 2.76. The van der Waals surface area contributed by atoms with E-state index in [0.29, 0.717) is 22.3 Å². The van der Waals surface area contributed by atoms with E-state index in [-0.39, 0.29) is 18.1 Å². The number of nitrogens with one attached hydrogen (secondary N) is 2. The first-order valence-electron chi connectivity index (χ1n) is 7.11. The molecule has 0 aliphatic carbocycles. The van der Waals surface area contributed by atoms with Gasteiger partial charge >= 0.3 is 0 Å². The van der Waals surface area contributed by atoms with Crippen molar-refractivity contribution < 1.29 is 9.18 Å². The lowest BCUT2D eigenvalue weighted by Crippen LogP contribution is -2.00. The minimum Gasteiger partial charge on any atom is -0.361 e. The van der Waals surface area contributed by atoms with Gasteiger partial charge in [-0.3, -0.25) is 4.79 Å². The summed E-state index contributed by atoms with van der Waals surface area (Å²) in [5.41, 5.74) is 8.71. The molecular formula is C18H18FN3O. The third kappa shape index (κ3) is 4.34. The molecule has 4 nitrogen and oxygen atoms in total. The molecule has 0 bridgehead atoms. The number of hydrogen-bond acceptors (Lipinski definition) is 4. The summed E-state index contributed by atoms with van der Waals surface area (Å²) in [7, 11) is 0. The van der Waals surface area contributed by atoms with E-state index in [2.05, 4.69) is 5.32 Å². The first kappa shape index (κ1) is 16.6. The summed E-state index contributed by atoms with van der Waals surface area (Å²) in [6.45, 7) is 1.74. The fourth-order valence-electron chi connectivity index (χ4n) is 2.11. The number of halogens is 1. The van der Waals surface area contributed by atoms with Gasteiger partial charge in [0, 0.05) is 35.8 Å². The van der Waals surface area contributed by atoms with Crippen LogP contribution < -0.4 is 11.1 Å². The van der Waals surface area contributed by atoms with E-state index >= 15 is 0 Å². The maximum atomic E-state index is 13.6. The van der Waals surface area contributed by atoms with Gasteiger partial charge in [0.15, 0.2) is 5.78 Å². The third-order valence-electron chi connectivity index (χ3n) is 3.37. The van der Waals surface area contributed by atoms with Gasteiger partial charge in [-0.15, -0.1) is 0 Å². The van der Waals surface area contributed by atoms with Crippen LogP contribution in [0.25, 0.3) is 5.57 Å². The Morgan fingerprint density at radius 1 is 1.22 bits per heavy atom. The number of allylic oxidation sites excluding steroid dienone is 1. The lowest BCUT2D eigenvalue weighted by molar-refractivity contribution is 0.101. The first-order chi connectivity index (χ1) is 11.0. The van der Waals surface area contributed by atoms with Crippen molar-refractivity contribution in [2.24, 2.45) is 5.73 Å². The standard InChI is InChI=1S/C18H18FN3O/c1-12(23)14-2-4-18(5-3-14)22-11-16(10-21)15-6-13(9-20)7-17(19)8-15/h2-8,10-11,21-22H,9,20H2,1H3/b16-11+,21-10?. The van der Waals surface area contributed by atoms with E-state index in [1.807, 2.05) is 0 Å². The fraction of sp³-hybridized carbons (Fsp3) is 0.111. The van der Waals surface area contributed by atoms with E-state index < -0.39 is 0 Å². The number of rotatable bonds is 6. The number of carbonyl (C=O) groups excluding carboxylic acids is 1. The van der Waals surface area contributed by atoms with Gasteiger partial charge in [0.1, 0.15) is 5.82 Å². The zero-order valence-corrected chi connectivity index (χ0v) is 12.8. The molecule has 0 saturated carbocycles. The van der Waals surface area contributed by atoms with Gasteiger partial charge in [0.25, 0.3) is 0 Å². The normalized spacial score (nSPS) is 11.2. The number of hydrogen-bond donors (Lipinski definition) is 3. The largest absolute Gasteiger partial charge is 0.361 e. The van der Waals surface area contributed by atoms with Crippen LogP contribution in [0.15, 0.2) is 48.7 Å². The molecule has 0 heterocycles. The second-order valence-corrected chi connectivity index (χ2v) is 5.07. The molecule has 0 radical (unpaired) electrons. The van der Waals surface area contributed by atoms with Gasteiger partial charge in [-0.05, 0) is 60.5 Å². The van der Waals surface area contributed by atoms with E-state index in [1.54, 1.807) is 36.5 Å². The van der Waals surface area contributed by atoms with Crippen LogP contribution in [-0.4, -0.2) is 12.0 Å². The lowest BCUT2D eigenvalue weighted by Gasteiger charge is -2.07. The van der Waals surface area contributed by atoms with Crippen LogP contribution in [0.4, 0.5) is 10.1 Å². The third-order valence-corrected chi connectivity index (χ3v) is 3.37. The SMILES string of the molecule is CC(=O)c1ccc(N/C=C(\C=N)c2cc(F)cc(CN)c2)cc1. The molecule has 2 aromatic rings. The topological polar surface area (TPSA) is 79.0 Å². The number of anilines is 1. The van der Waals surface area contributed by atoms with Crippen molar-refractivity contribution in [2.45, 2.75) is 13.5 Å². The van der Waals surface area contributed by atoms with Gasteiger partial charge in [-0.2, -0.15) is 0 Å². The lowest BCUT2D eigenvalue weighted by atomic mass is 10.0. The maximum Gasteiger partial charge on any atom is 0.159 e. The highest BCUT2D eigenvalue weighted by atomic mass is 19.1. The summed E-state index contributed by atoms with van der Waals surface area (Å²) in [5, 5.41) is 10.6. The smallest absolute Gasteiger partial charge is 0.159 e.